The SMILES string of the molecule is CNC(=O)[C@H](C)NC(=O)[C@H](Cc1ccccc1)NC(=O)[C@@H]1CCCN1C(=O)[C@H](CC(C)C)NC(C)=O. The van der Waals surface area contributed by atoms with E-state index in [1.54, 1.807) is 6.92 Å². The van der Waals surface area contributed by atoms with Crippen LogP contribution >= 0.6 is 0 Å². The second kappa shape index (κ2) is 13.6. The summed E-state index contributed by atoms with van der Waals surface area (Å²) >= 11 is 0. The number of hydrogen-bond acceptors (Lipinski definition) is 5. The van der Waals surface area contributed by atoms with Crippen LogP contribution in [0.1, 0.15) is 52.5 Å². The van der Waals surface area contributed by atoms with E-state index in [2.05, 4.69) is 21.3 Å². The van der Waals surface area contributed by atoms with E-state index in [1.165, 1.54) is 18.9 Å². The van der Waals surface area contributed by atoms with Gasteiger partial charge in [0.1, 0.15) is 24.2 Å². The van der Waals surface area contributed by atoms with Gasteiger partial charge in [-0.2, -0.15) is 0 Å². The highest BCUT2D eigenvalue weighted by Crippen LogP contribution is 2.21. The van der Waals surface area contributed by atoms with E-state index in [9.17, 15) is 24.0 Å². The van der Waals surface area contributed by atoms with Gasteiger partial charge in [-0.05, 0) is 37.7 Å². The Balaban J connectivity index is 2.20. The maximum atomic E-state index is 13.4. The summed E-state index contributed by atoms with van der Waals surface area (Å²) in [6, 6.07) is 6.06. The van der Waals surface area contributed by atoms with E-state index in [1.807, 2.05) is 44.2 Å². The summed E-state index contributed by atoms with van der Waals surface area (Å²) in [7, 11) is 1.48. The summed E-state index contributed by atoms with van der Waals surface area (Å²) in [5.74, 6) is -1.71. The van der Waals surface area contributed by atoms with Crippen LogP contribution in [0.3, 0.4) is 0 Å². The Kier molecular flexibility index (Phi) is 10.9. The number of nitrogens with zero attached hydrogens (tertiary/aromatic N) is 1. The van der Waals surface area contributed by atoms with Gasteiger partial charge < -0.3 is 26.2 Å². The van der Waals surface area contributed by atoms with Crippen molar-refractivity contribution in [3.63, 3.8) is 0 Å². The van der Waals surface area contributed by atoms with Crippen LogP contribution in [0.2, 0.25) is 0 Å². The van der Waals surface area contributed by atoms with Crippen LogP contribution in [0.25, 0.3) is 0 Å². The largest absolute Gasteiger partial charge is 0.357 e. The molecule has 1 aromatic carbocycles. The lowest BCUT2D eigenvalue weighted by Crippen LogP contribution is -2.58. The third-order valence-corrected chi connectivity index (χ3v) is 6.14. The van der Waals surface area contributed by atoms with E-state index >= 15 is 0 Å². The first-order chi connectivity index (χ1) is 17.0. The molecule has 0 saturated carbocycles. The van der Waals surface area contributed by atoms with Crippen LogP contribution in [0.5, 0.6) is 0 Å². The maximum absolute atomic E-state index is 13.4. The molecule has 10 nitrogen and oxygen atoms in total. The molecule has 0 spiro atoms. The summed E-state index contributed by atoms with van der Waals surface area (Å²) in [5, 5.41) is 10.7. The smallest absolute Gasteiger partial charge is 0.245 e. The zero-order chi connectivity index (χ0) is 26.8. The van der Waals surface area contributed by atoms with Gasteiger partial charge in [-0.1, -0.05) is 44.2 Å². The minimum absolute atomic E-state index is 0.168. The Morgan fingerprint density at radius 2 is 1.61 bits per heavy atom. The normalized spacial score (nSPS) is 17.6. The Morgan fingerprint density at radius 3 is 2.19 bits per heavy atom. The first kappa shape index (κ1) is 28.8. The number of hydrogen-bond donors (Lipinski definition) is 4. The Bertz CT molecular complexity index is 936. The van der Waals surface area contributed by atoms with Gasteiger partial charge in [0, 0.05) is 26.9 Å². The molecule has 1 fully saturated rings. The van der Waals surface area contributed by atoms with Crippen LogP contribution in [0.4, 0.5) is 0 Å². The van der Waals surface area contributed by atoms with Crippen molar-refractivity contribution in [2.24, 2.45) is 5.92 Å². The van der Waals surface area contributed by atoms with Crippen LogP contribution in [-0.2, 0) is 30.4 Å². The van der Waals surface area contributed by atoms with Gasteiger partial charge in [0.05, 0.1) is 0 Å². The van der Waals surface area contributed by atoms with Gasteiger partial charge in [-0.3, -0.25) is 24.0 Å². The minimum atomic E-state index is -0.939. The van der Waals surface area contributed by atoms with Crippen LogP contribution < -0.4 is 21.3 Å². The minimum Gasteiger partial charge on any atom is -0.357 e. The fourth-order valence-corrected chi connectivity index (χ4v) is 4.36. The summed E-state index contributed by atoms with van der Waals surface area (Å²) in [4.78, 5) is 64.8. The van der Waals surface area contributed by atoms with Crippen molar-refractivity contribution in [2.75, 3.05) is 13.6 Å². The molecule has 0 unspecified atom stereocenters. The molecule has 2 rings (SSSR count). The third-order valence-electron chi connectivity index (χ3n) is 6.14. The second-order valence-corrected chi connectivity index (χ2v) is 9.67. The molecule has 1 aliphatic heterocycles. The first-order valence-corrected chi connectivity index (χ1v) is 12.5. The molecule has 1 aliphatic rings. The number of carbonyl (C=O) groups is 5. The van der Waals surface area contributed by atoms with E-state index in [0.29, 0.717) is 25.8 Å². The number of nitrogens with one attached hydrogen (secondary N) is 4. The predicted molar refractivity (Wildman–Crippen MR) is 136 cm³/mol. The molecule has 1 heterocycles. The lowest BCUT2D eigenvalue weighted by atomic mass is 10.0. The average molecular weight is 502 g/mol. The molecule has 4 atom stereocenters. The highest BCUT2D eigenvalue weighted by molar-refractivity contribution is 5.95. The van der Waals surface area contributed by atoms with Crippen molar-refractivity contribution in [2.45, 2.75) is 77.5 Å². The number of likely N-dealkylation sites (tertiary alicyclic amines) is 1. The van der Waals surface area contributed by atoms with Crippen molar-refractivity contribution < 1.29 is 24.0 Å². The van der Waals surface area contributed by atoms with Gasteiger partial charge >= 0.3 is 0 Å². The topological polar surface area (TPSA) is 137 Å². The molecule has 1 saturated heterocycles. The van der Waals surface area contributed by atoms with E-state index in [4.69, 9.17) is 0 Å². The van der Waals surface area contributed by atoms with Gasteiger partial charge in [-0.15, -0.1) is 0 Å². The van der Waals surface area contributed by atoms with Crippen LogP contribution in [0, 0.1) is 5.92 Å². The first-order valence-electron chi connectivity index (χ1n) is 12.5. The molecule has 0 radical (unpaired) electrons. The van der Waals surface area contributed by atoms with Crippen molar-refractivity contribution in [3.05, 3.63) is 35.9 Å². The summed E-state index contributed by atoms with van der Waals surface area (Å²) < 4.78 is 0. The third kappa shape index (κ3) is 8.35. The van der Waals surface area contributed by atoms with Crippen molar-refractivity contribution in [1.82, 2.24) is 26.2 Å². The zero-order valence-corrected chi connectivity index (χ0v) is 21.8. The molecule has 4 N–H and O–H groups in total. The number of likely N-dealkylation sites (N-methyl/N-ethyl adjacent to an activating group) is 1. The van der Waals surface area contributed by atoms with E-state index in [0.717, 1.165) is 5.56 Å². The molecule has 0 aromatic heterocycles. The molecule has 5 amide bonds. The van der Waals surface area contributed by atoms with Gasteiger partial charge in [0.15, 0.2) is 0 Å². The predicted octanol–water partition coefficient (Wildman–Crippen LogP) is 0.506. The Hall–Kier alpha value is -3.43. The standard InChI is InChI=1S/C26H39N5O5/c1-16(2)14-21(29-18(4)32)26(36)31-13-9-12-22(31)25(35)30-20(15-19-10-7-6-8-11-19)24(34)28-17(3)23(33)27-5/h6-8,10-11,16-17,20-22H,9,12-15H2,1-5H3,(H,27,33)(H,28,34)(H,29,32)(H,30,35)/t17-,20-,21-,22-/m0/s1. The van der Waals surface area contributed by atoms with Crippen LogP contribution in [0.15, 0.2) is 30.3 Å². The highest BCUT2D eigenvalue weighted by Gasteiger charge is 2.39. The fourth-order valence-electron chi connectivity index (χ4n) is 4.36. The lowest BCUT2D eigenvalue weighted by Gasteiger charge is -2.30. The molecular weight excluding hydrogens is 462 g/mol. The number of carbonyl (C=O) groups excluding carboxylic acids is 5. The molecule has 36 heavy (non-hydrogen) atoms. The quantitative estimate of drug-likeness (QED) is 0.350. The average Bonchev–Trinajstić information content (AvgIpc) is 3.32. The number of benzene rings is 1. The molecule has 1 aromatic rings. The Labute approximate surface area is 212 Å². The molecule has 0 aliphatic carbocycles. The summed E-state index contributed by atoms with van der Waals surface area (Å²) in [5.41, 5.74) is 0.840. The molecule has 10 heteroatoms. The summed E-state index contributed by atoms with van der Waals surface area (Å²) in [6.07, 6.45) is 1.78. The molecular formula is C26H39N5O5. The number of rotatable bonds is 11. The van der Waals surface area contributed by atoms with Gasteiger partial charge in [0.25, 0.3) is 0 Å². The zero-order valence-electron chi connectivity index (χ0n) is 21.8. The van der Waals surface area contributed by atoms with Crippen molar-refractivity contribution in [1.29, 1.82) is 0 Å². The monoisotopic (exact) mass is 501 g/mol. The maximum Gasteiger partial charge on any atom is 0.245 e. The van der Waals surface area contributed by atoms with Gasteiger partial charge in [0.2, 0.25) is 29.5 Å². The fraction of sp³-hybridized carbons (Fsp3) is 0.577. The molecule has 0 bridgehead atoms. The van der Waals surface area contributed by atoms with Crippen LogP contribution in [-0.4, -0.2) is 72.2 Å². The van der Waals surface area contributed by atoms with Crippen molar-refractivity contribution in [3.8, 4) is 0 Å². The van der Waals surface area contributed by atoms with Gasteiger partial charge in [-0.25, -0.2) is 0 Å². The van der Waals surface area contributed by atoms with Crippen molar-refractivity contribution >= 4 is 29.5 Å². The van der Waals surface area contributed by atoms with E-state index in [-0.39, 0.29) is 30.1 Å². The highest BCUT2D eigenvalue weighted by atomic mass is 16.2. The second-order valence-electron chi connectivity index (χ2n) is 9.67. The number of amides is 5. The Morgan fingerprint density at radius 1 is 0.944 bits per heavy atom. The van der Waals surface area contributed by atoms with E-state index < -0.39 is 36.0 Å². The summed E-state index contributed by atoms with van der Waals surface area (Å²) in [6.45, 7) is 7.24. The lowest BCUT2D eigenvalue weighted by molar-refractivity contribution is -0.142. The molecule has 198 valence electrons.